The van der Waals surface area contributed by atoms with Crippen LogP contribution in [0.2, 0.25) is 5.02 Å². The highest BCUT2D eigenvalue weighted by molar-refractivity contribution is 7.13. The Hall–Kier alpha value is -2.81. The lowest BCUT2D eigenvalue weighted by molar-refractivity contribution is -0.384. The maximum Gasteiger partial charge on any atom is 0.270 e. The molecule has 2 aromatic carbocycles. The molecule has 0 unspecified atom stereocenters. The molecule has 7 nitrogen and oxygen atoms in total. The Bertz CT molecular complexity index is 1070. The highest BCUT2D eigenvalue weighted by Crippen LogP contribution is 2.25. The number of nitro groups is 1. The quantitative estimate of drug-likeness (QED) is 0.434. The molecule has 0 bridgehead atoms. The minimum Gasteiger partial charge on any atom is -0.336 e. The van der Waals surface area contributed by atoms with Gasteiger partial charge in [-0.1, -0.05) is 41.9 Å². The Balaban J connectivity index is 1.36. The fourth-order valence-electron chi connectivity index (χ4n) is 3.39. The smallest absolute Gasteiger partial charge is 0.270 e. The van der Waals surface area contributed by atoms with Crippen molar-refractivity contribution >= 4 is 34.5 Å². The van der Waals surface area contributed by atoms with Crippen molar-refractivity contribution in [1.29, 1.82) is 0 Å². The maximum absolute atomic E-state index is 12.8. The third-order valence-corrected chi connectivity index (χ3v) is 6.28. The zero-order chi connectivity index (χ0) is 21.1. The fourth-order valence-corrected chi connectivity index (χ4v) is 4.41. The summed E-state index contributed by atoms with van der Waals surface area (Å²) >= 11 is 7.74. The van der Waals surface area contributed by atoms with E-state index in [-0.39, 0.29) is 22.2 Å². The van der Waals surface area contributed by atoms with Crippen LogP contribution >= 0.6 is 22.9 Å². The van der Waals surface area contributed by atoms with Crippen molar-refractivity contribution in [3.05, 3.63) is 80.3 Å². The van der Waals surface area contributed by atoms with Gasteiger partial charge in [0.2, 0.25) is 0 Å². The molecule has 1 fully saturated rings. The summed E-state index contributed by atoms with van der Waals surface area (Å²) < 4.78 is 0. The number of rotatable bonds is 5. The Kier molecular flexibility index (Phi) is 6.08. The third-order valence-electron chi connectivity index (χ3n) is 5.01. The Morgan fingerprint density at radius 3 is 2.57 bits per heavy atom. The van der Waals surface area contributed by atoms with Crippen LogP contribution < -0.4 is 0 Å². The fraction of sp³-hybridized carbons (Fsp3) is 0.238. The van der Waals surface area contributed by atoms with Crippen molar-refractivity contribution in [2.24, 2.45) is 0 Å². The van der Waals surface area contributed by atoms with Crippen molar-refractivity contribution in [2.45, 2.75) is 6.54 Å². The molecule has 4 rings (SSSR count). The molecule has 0 atom stereocenters. The number of benzene rings is 2. The molecule has 3 aromatic rings. The molecule has 1 amide bonds. The van der Waals surface area contributed by atoms with Crippen LogP contribution in [0, 0.1) is 10.1 Å². The number of hydrogen-bond acceptors (Lipinski definition) is 6. The molecule has 0 spiro atoms. The SMILES string of the molecule is O=C(c1cc([N+](=O)[O-])ccc1Cl)N1CCN(Cc2csc(-c3ccccc3)n2)CC1. The summed E-state index contributed by atoms with van der Waals surface area (Å²) in [7, 11) is 0. The largest absolute Gasteiger partial charge is 0.336 e. The average Bonchev–Trinajstić information content (AvgIpc) is 3.23. The summed E-state index contributed by atoms with van der Waals surface area (Å²) in [4.78, 5) is 32.0. The number of amides is 1. The predicted octanol–water partition coefficient (Wildman–Crippen LogP) is 4.33. The van der Waals surface area contributed by atoms with Gasteiger partial charge in [-0.2, -0.15) is 0 Å². The van der Waals surface area contributed by atoms with Gasteiger partial charge in [0, 0.05) is 55.8 Å². The number of aromatic nitrogens is 1. The van der Waals surface area contributed by atoms with E-state index in [0.29, 0.717) is 26.2 Å². The third kappa shape index (κ3) is 4.51. The molecular formula is C21H19ClN4O3S. The van der Waals surface area contributed by atoms with E-state index in [1.165, 1.54) is 18.2 Å². The molecule has 1 aliphatic rings. The first kappa shape index (κ1) is 20.5. The molecule has 9 heteroatoms. The maximum atomic E-state index is 12.8. The van der Waals surface area contributed by atoms with E-state index in [0.717, 1.165) is 22.8 Å². The van der Waals surface area contributed by atoms with Crippen molar-refractivity contribution < 1.29 is 9.72 Å². The van der Waals surface area contributed by atoms with Gasteiger partial charge in [-0.05, 0) is 6.07 Å². The molecule has 154 valence electrons. The zero-order valence-corrected chi connectivity index (χ0v) is 17.6. The molecule has 0 N–H and O–H groups in total. The van der Waals surface area contributed by atoms with E-state index in [4.69, 9.17) is 16.6 Å². The van der Waals surface area contributed by atoms with E-state index in [1.54, 1.807) is 16.2 Å². The van der Waals surface area contributed by atoms with E-state index >= 15 is 0 Å². The van der Waals surface area contributed by atoms with E-state index in [1.807, 2.05) is 30.3 Å². The van der Waals surface area contributed by atoms with Crippen LogP contribution in [0.25, 0.3) is 10.6 Å². The highest BCUT2D eigenvalue weighted by Gasteiger charge is 2.25. The van der Waals surface area contributed by atoms with Crippen LogP contribution in [0.15, 0.2) is 53.9 Å². The monoisotopic (exact) mass is 442 g/mol. The molecular weight excluding hydrogens is 424 g/mol. The summed E-state index contributed by atoms with van der Waals surface area (Å²) in [5, 5.41) is 14.3. The minimum atomic E-state index is -0.525. The Labute approximate surface area is 182 Å². The summed E-state index contributed by atoms with van der Waals surface area (Å²) in [6, 6.07) is 14.0. The van der Waals surface area contributed by atoms with Crippen LogP contribution in [0.3, 0.4) is 0 Å². The summed E-state index contributed by atoms with van der Waals surface area (Å²) in [5.74, 6) is -0.275. The minimum absolute atomic E-state index is 0.140. The average molecular weight is 443 g/mol. The Morgan fingerprint density at radius 2 is 1.87 bits per heavy atom. The number of nitrogens with zero attached hydrogens (tertiary/aromatic N) is 4. The number of carbonyl (C=O) groups excluding carboxylic acids is 1. The first-order valence-corrected chi connectivity index (χ1v) is 10.7. The second-order valence-electron chi connectivity index (χ2n) is 7.00. The van der Waals surface area contributed by atoms with Crippen molar-refractivity contribution in [2.75, 3.05) is 26.2 Å². The van der Waals surface area contributed by atoms with Crippen LogP contribution in [0.5, 0.6) is 0 Å². The van der Waals surface area contributed by atoms with E-state index < -0.39 is 4.92 Å². The summed E-state index contributed by atoms with van der Waals surface area (Å²) in [5.41, 5.74) is 2.16. The number of nitro benzene ring substituents is 1. The van der Waals surface area contributed by atoms with Crippen molar-refractivity contribution in [1.82, 2.24) is 14.8 Å². The van der Waals surface area contributed by atoms with Gasteiger partial charge in [-0.3, -0.25) is 19.8 Å². The number of piperazine rings is 1. The number of hydrogen-bond donors (Lipinski definition) is 0. The lowest BCUT2D eigenvalue weighted by atomic mass is 10.1. The molecule has 1 aromatic heterocycles. The van der Waals surface area contributed by atoms with Gasteiger partial charge in [0.15, 0.2) is 0 Å². The zero-order valence-electron chi connectivity index (χ0n) is 16.0. The molecule has 30 heavy (non-hydrogen) atoms. The normalized spacial score (nSPS) is 14.6. The number of non-ortho nitro benzene ring substituents is 1. The van der Waals surface area contributed by atoms with Crippen molar-refractivity contribution in [3.63, 3.8) is 0 Å². The van der Waals surface area contributed by atoms with E-state index in [9.17, 15) is 14.9 Å². The van der Waals surface area contributed by atoms with Crippen molar-refractivity contribution in [3.8, 4) is 10.6 Å². The topological polar surface area (TPSA) is 79.6 Å². The van der Waals surface area contributed by atoms with Crippen LogP contribution in [0.1, 0.15) is 16.1 Å². The van der Waals surface area contributed by atoms with Gasteiger partial charge in [-0.25, -0.2) is 4.98 Å². The first-order chi connectivity index (χ1) is 14.5. The van der Waals surface area contributed by atoms with Gasteiger partial charge in [0.1, 0.15) is 5.01 Å². The van der Waals surface area contributed by atoms with E-state index in [2.05, 4.69) is 10.3 Å². The lowest BCUT2D eigenvalue weighted by Crippen LogP contribution is -2.48. The van der Waals surface area contributed by atoms with Crippen LogP contribution in [-0.2, 0) is 6.54 Å². The first-order valence-electron chi connectivity index (χ1n) is 9.46. The molecule has 0 radical (unpaired) electrons. The van der Waals surface area contributed by atoms with Gasteiger partial charge in [0.25, 0.3) is 11.6 Å². The summed E-state index contributed by atoms with van der Waals surface area (Å²) in [6.45, 7) is 3.21. The number of thiazole rings is 1. The summed E-state index contributed by atoms with van der Waals surface area (Å²) in [6.07, 6.45) is 0. The Morgan fingerprint density at radius 1 is 1.13 bits per heavy atom. The van der Waals surface area contributed by atoms with Crippen LogP contribution in [0.4, 0.5) is 5.69 Å². The molecule has 1 aliphatic heterocycles. The van der Waals surface area contributed by atoms with Gasteiger partial charge < -0.3 is 4.90 Å². The molecule has 0 aliphatic carbocycles. The van der Waals surface area contributed by atoms with Gasteiger partial charge >= 0.3 is 0 Å². The van der Waals surface area contributed by atoms with Gasteiger partial charge in [-0.15, -0.1) is 11.3 Å². The molecule has 1 saturated heterocycles. The highest BCUT2D eigenvalue weighted by atomic mass is 35.5. The lowest BCUT2D eigenvalue weighted by Gasteiger charge is -2.34. The number of halogens is 1. The number of carbonyl (C=O) groups is 1. The standard InChI is InChI=1S/C21H19ClN4O3S/c22-19-7-6-17(26(28)29)12-18(19)21(27)25-10-8-24(9-11-25)13-16-14-30-20(23-16)15-4-2-1-3-5-15/h1-7,12,14H,8-11,13H2. The van der Waals surface area contributed by atoms with Crippen LogP contribution in [-0.4, -0.2) is 51.8 Å². The van der Waals surface area contributed by atoms with Gasteiger partial charge in [0.05, 0.1) is 21.2 Å². The predicted molar refractivity (Wildman–Crippen MR) is 117 cm³/mol. The second kappa shape index (κ2) is 8.91. The second-order valence-corrected chi connectivity index (χ2v) is 8.26. The molecule has 2 heterocycles. The molecule has 0 saturated carbocycles.